The SMILES string of the molecule is COc1c(F)cc(F)cc1[C@@H]1C[C@H]1N. The maximum Gasteiger partial charge on any atom is 0.168 e. The van der Waals surface area contributed by atoms with Gasteiger partial charge in [0.2, 0.25) is 0 Å². The van der Waals surface area contributed by atoms with Crippen molar-refractivity contribution in [3.05, 3.63) is 29.3 Å². The first-order valence-electron chi connectivity index (χ1n) is 4.42. The van der Waals surface area contributed by atoms with Crippen molar-refractivity contribution >= 4 is 0 Å². The highest BCUT2D eigenvalue weighted by Gasteiger charge is 2.38. The van der Waals surface area contributed by atoms with E-state index in [1.54, 1.807) is 0 Å². The van der Waals surface area contributed by atoms with E-state index in [1.807, 2.05) is 0 Å². The molecular formula is C10H11F2NO. The van der Waals surface area contributed by atoms with Crippen molar-refractivity contribution in [1.29, 1.82) is 0 Å². The summed E-state index contributed by atoms with van der Waals surface area (Å²) in [6.45, 7) is 0. The van der Waals surface area contributed by atoms with Crippen LogP contribution in [0.15, 0.2) is 12.1 Å². The minimum atomic E-state index is -0.665. The Labute approximate surface area is 80.7 Å². The van der Waals surface area contributed by atoms with Crippen LogP contribution in [0.2, 0.25) is 0 Å². The minimum Gasteiger partial charge on any atom is -0.493 e. The molecule has 0 amide bonds. The number of hydrogen-bond acceptors (Lipinski definition) is 2. The molecule has 4 heteroatoms. The second-order valence-corrected chi connectivity index (χ2v) is 3.52. The minimum absolute atomic E-state index is 0.00472. The van der Waals surface area contributed by atoms with Gasteiger partial charge >= 0.3 is 0 Å². The Morgan fingerprint density at radius 3 is 2.57 bits per heavy atom. The van der Waals surface area contributed by atoms with E-state index in [9.17, 15) is 8.78 Å². The third-order valence-electron chi connectivity index (χ3n) is 2.48. The molecule has 1 aliphatic rings. The van der Waals surface area contributed by atoms with Gasteiger partial charge in [-0.15, -0.1) is 0 Å². The maximum atomic E-state index is 13.2. The first kappa shape index (κ1) is 9.40. The van der Waals surface area contributed by atoms with Gasteiger partial charge in [0, 0.05) is 23.6 Å². The highest BCUT2D eigenvalue weighted by molar-refractivity contribution is 5.42. The van der Waals surface area contributed by atoms with Crippen LogP contribution in [0.1, 0.15) is 17.9 Å². The normalized spacial score (nSPS) is 24.9. The Bertz CT molecular complexity index is 367. The third-order valence-corrected chi connectivity index (χ3v) is 2.48. The smallest absolute Gasteiger partial charge is 0.168 e. The Morgan fingerprint density at radius 2 is 2.07 bits per heavy atom. The fourth-order valence-corrected chi connectivity index (χ4v) is 1.64. The van der Waals surface area contributed by atoms with Gasteiger partial charge in [0.1, 0.15) is 5.82 Å². The number of hydrogen-bond donors (Lipinski definition) is 1. The van der Waals surface area contributed by atoms with Crippen LogP contribution >= 0.6 is 0 Å². The molecule has 0 unspecified atom stereocenters. The molecule has 1 saturated carbocycles. The fraction of sp³-hybridized carbons (Fsp3) is 0.400. The second-order valence-electron chi connectivity index (χ2n) is 3.52. The molecule has 1 aromatic rings. The van der Waals surface area contributed by atoms with Crippen LogP contribution in [0.25, 0.3) is 0 Å². The van der Waals surface area contributed by atoms with Crippen molar-refractivity contribution in [2.75, 3.05) is 7.11 Å². The monoisotopic (exact) mass is 199 g/mol. The lowest BCUT2D eigenvalue weighted by molar-refractivity contribution is 0.378. The summed E-state index contributed by atoms with van der Waals surface area (Å²) in [4.78, 5) is 0. The van der Waals surface area contributed by atoms with E-state index in [2.05, 4.69) is 0 Å². The maximum absolute atomic E-state index is 13.2. The highest BCUT2D eigenvalue weighted by Crippen LogP contribution is 2.44. The fourth-order valence-electron chi connectivity index (χ4n) is 1.64. The van der Waals surface area contributed by atoms with E-state index in [-0.39, 0.29) is 17.7 Å². The highest BCUT2D eigenvalue weighted by atomic mass is 19.1. The summed E-state index contributed by atoms with van der Waals surface area (Å²) < 4.78 is 31.0. The molecule has 0 aromatic heterocycles. The number of rotatable bonds is 2. The standard InChI is InChI=1S/C10H11F2NO/c1-14-10-7(6-4-9(6)13)2-5(11)3-8(10)12/h2-3,6,9H,4,13H2,1H3/t6-,9+/m0/s1. The van der Waals surface area contributed by atoms with Gasteiger partial charge in [-0.05, 0) is 12.5 Å². The molecule has 1 aromatic carbocycles. The number of halogens is 2. The molecule has 2 nitrogen and oxygen atoms in total. The largest absolute Gasteiger partial charge is 0.493 e. The van der Waals surface area contributed by atoms with Gasteiger partial charge in [0.25, 0.3) is 0 Å². The zero-order valence-electron chi connectivity index (χ0n) is 7.76. The molecule has 1 aliphatic carbocycles. The number of ether oxygens (including phenoxy) is 1. The molecule has 2 atom stereocenters. The van der Waals surface area contributed by atoms with Gasteiger partial charge in [-0.2, -0.15) is 0 Å². The second kappa shape index (κ2) is 3.20. The van der Waals surface area contributed by atoms with Crippen molar-refractivity contribution in [1.82, 2.24) is 0 Å². The van der Waals surface area contributed by atoms with Crippen molar-refractivity contribution in [3.8, 4) is 5.75 Å². The number of nitrogens with two attached hydrogens (primary N) is 1. The van der Waals surface area contributed by atoms with Crippen LogP contribution in [0, 0.1) is 11.6 Å². The molecule has 0 bridgehead atoms. The third kappa shape index (κ3) is 1.46. The van der Waals surface area contributed by atoms with Crippen LogP contribution in [-0.2, 0) is 0 Å². The zero-order valence-corrected chi connectivity index (χ0v) is 7.76. The average molecular weight is 199 g/mol. The number of methoxy groups -OCH3 is 1. The predicted molar refractivity (Wildman–Crippen MR) is 48.2 cm³/mol. The zero-order chi connectivity index (χ0) is 10.3. The van der Waals surface area contributed by atoms with Crippen LogP contribution in [-0.4, -0.2) is 13.2 Å². The number of benzene rings is 1. The Kier molecular flexibility index (Phi) is 2.15. The summed E-state index contributed by atoms with van der Waals surface area (Å²) in [5.41, 5.74) is 6.16. The molecule has 0 heterocycles. The van der Waals surface area contributed by atoms with E-state index in [0.29, 0.717) is 5.56 Å². The molecule has 0 radical (unpaired) electrons. The first-order chi connectivity index (χ1) is 6.63. The van der Waals surface area contributed by atoms with E-state index < -0.39 is 11.6 Å². The van der Waals surface area contributed by atoms with Crippen molar-refractivity contribution in [2.24, 2.45) is 5.73 Å². The lowest BCUT2D eigenvalue weighted by atomic mass is 10.1. The molecule has 0 spiro atoms. The molecule has 14 heavy (non-hydrogen) atoms. The topological polar surface area (TPSA) is 35.2 Å². The van der Waals surface area contributed by atoms with Crippen molar-refractivity contribution < 1.29 is 13.5 Å². The summed E-state index contributed by atoms with van der Waals surface area (Å²) in [6.07, 6.45) is 0.763. The molecule has 0 saturated heterocycles. The van der Waals surface area contributed by atoms with Gasteiger partial charge < -0.3 is 10.5 Å². The summed E-state index contributed by atoms with van der Waals surface area (Å²) in [5, 5.41) is 0. The molecular weight excluding hydrogens is 188 g/mol. The van der Waals surface area contributed by atoms with Gasteiger partial charge in [-0.25, -0.2) is 8.78 Å². The lowest BCUT2D eigenvalue weighted by Gasteiger charge is -2.08. The van der Waals surface area contributed by atoms with E-state index in [0.717, 1.165) is 12.5 Å². The van der Waals surface area contributed by atoms with Gasteiger partial charge in [0.05, 0.1) is 7.11 Å². The summed E-state index contributed by atoms with van der Waals surface area (Å²) in [5.74, 6) is -1.10. The molecule has 76 valence electrons. The quantitative estimate of drug-likeness (QED) is 0.788. The Hall–Kier alpha value is -1.16. The van der Waals surface area contributed by atoms with Crippen molar-refractivity contribution in [3.63, 3.8) is 0 Å². The molecule has 1 fully saturated rings. The Morgan fingerprint density at radius 1 is 1.43 bits per heavy atom. The predicted octanol–water partition coefficient (Wildman–Crippen LogP) is 1.79. The lowest BCUT2D eigenvalue weighted by Crippen LogP contribution is -2.03. The molecule has 0 aliphatic heterocycles. The van der Waals surface area contributed by atoms with Gasteiger partial charge in [0.15, 0.2) is 11.6 Å². The van der Waals surface area contributed by atoms with Gasteiger partial charge in [-0.3, -0.25) is 0 Å². The van der Waals surface area contributed by atoms with Crippen LogP contribution < -0.4 is 10.5 Å². The molecule has 2 rings (SSSR count). The summed E-state index contributed by atoms with van der Waals surface area (Å²) in [6, 6.07) is 2.11. The van der Waals surface area contributed by atoms with E-state index in [4.69, 9.17) is 10.5 Å². The van der Waals surface area contributed by atoms with Gasteiger partial charge in [-0.1, -0.05) is 0 Å². The van der Waals surface area contributed by atoms with E-state index in [1.165, 1.54) is 13.2 Å². The Balaban J connectivity index is 2.45. The molecule has 2 N–H and O–H groups in total. The summed E-state index contributed by atoms with van der Waals surface area (Å²) >= 11 is 0. The van der Waals surface area contributed by atoms with Crippen LogP contribution in [0.3, 0.4) is 0 Å². The summed E-state index contributed by atoms with van der Waals surface area (Å²) in [7, 11) is 1.37. The van der Waals surface area contributed by atoms with E-state index >= 15 is 0 Å². The average Bonchev–Trinajstić information content (AvgIpc) is 2.81. The first-order valence-corrected chi connectivity index (χ1v) is 4.42. The van der Waals surface area contributed by atoms with Crippen molar-refractivity contribution in [2.45, 2.75) is 18.4 Å². The van der Waals surface area contributed by atoms with Crippen LogP contribution in [0.5, 0.6) is 5.75 Å². The van der Waals surface area contributed by atoms with Crippen LogP contribution in [0.4, 0.5) is 8.78 Å².